The monoisotopic (exact) mass is 339 g/mol. The maximum absolute atomic E-state index is 6.17. The second-order valence-corrected chi connectivity index (χ2v) is 6.76. The van der Waals surface area contributed by atoms with Crippen molar-refractivity contribution in [3.05, 3.63) is 94.8 Å². The van der Waals surface area contributed by atoms with Gasteiger partial charge in [0.25, 0.3) is 0 Å². The van der Waals surface area contributed by atoms with Gasteiger partial charge < -0.3 is 4.42 Å². The van der Waals surface area contributed by atoms with E-state index in [0.717, 1.165) is 33.3 Å². The molecule has 0 radical (unpaired) electrons. The Hall–Kier alpha value is -3.13. The summed E-state index contributed by atoms with van der Waals surface area (Å²) in [4.78, 5) is 4.98. The number of hydrogen-bond donors (Lipinski definition) is 0. The van der Waals surface area contributed by atoms with Crippen molar-refractivity contribution in [3.63, 3.8) is 0 Å². The molecule has 0 N–H and O–H groups in total. The van der Waals surface area contributed by atoms with Crippen LogP contribution in [0, 0.1) is 20.8 Å². The quantitative estimate of drug-likeness (QED) is 0.423. The average Bonchev–Trinajstić information content (AvgIpc) is 2.65. The predicted molar refractivity (Wildman–Crippen MR) is 108 cm³/mol. The molecule has 0 aliphatic heterocycles. The lowest BCUT2D eigenvalue weighted by atomic mass is 10.1. The molecule has 2 heteroatoms. The molecule has 0 saturated heterocycles. The van der Waals surface area contributed by atoms with Crippen molar-refractivity contribution in [1.29, 1.82) is 0 Å². The average molecular weight is 339 g/mol. The fourth-order valence-corrected chi connectivity index (χ4v) is 3.18. The number of fused-ring (bicyclic) bond motifs is 1. The van der Waals surface area contributed by atoms with Crippen LogP contribution in [0.2, 0.25) is 0 Å². The molecule has 26 heavy (non-hydrogen) atoms. The second kappa shape index (κ2) is 6.64. The molecule has 0 fully saturated rings. The van der Waals surface area contributed by atoms with E-state index in [4.69, 9.17) is 9.41 Å². The molecule has 0 unspecified atom stereocenters. The molecule has 0 bridgehead atoms. The van der Waals surface area contributed by atoms with Crippen molar-refractivity contribution in [3.8, 4) is 11.3 Å². The van der Waals surface area contributed by atoms with Crippen molar-refractivity contribution in [1.82, 2.24) is 0 Å². The summed E-state index contributed by atoms with van der Waals surface area (Å²) in [5.74, 6) is 0.825. The van der Waals surface area contributed by atoms with Gasteiger partial charge in [-0.1, -0.05) is 59.7 Å². The van der Waals surface area contributed by atoms with Crippen LogP contribution in [0.5, 0.6) is 0 Å². The Morgan fingerprint density at radius 1 is 0.731 bits per heavy atom. The smallest absolute Gasteiger partial charge is 0.136 e. The first-order chi connectivity index (χ1) is 12.6. The van der Waals surface area contributed by atoms with Gasteiger partial charge in [0.1, 0.15) is 11.3 Å². The molecule has 0 aliphatic rings. The molecular formula is C24H21NO. The predicted octanol–water partition coefficient (Wildman–Crippen LogP) is 6.26. The lowest BCUT2D eigenvalue weighted by Gasteiger charge is -2.07. The standard InChI is InChI=1S/C24H21NO/c1-16-9-11-21(18(3)13-16)25-22-15-24(19-7-5-4-6-8-19)26-23-12-10-17(2)14-20(22)23/h4-15H,1-3H3. The van der Waals surface area contributed by atoms with Crippen LogP contribution in [-0.2, 0) is 0 Å². The molecule has 0 atom stereocenters. The van der Waals surface area contributed by atoms with E-state index in [-0.39, 0.29) is 0 Å². The van der Waals surface area contributed by atoms with Gasteiger partial charge in [-0.2, -0.15) is 0 Å². The minimum Gasteiger partial charge on any atom is -0.456 e. The van der Waals surface area contributed by atoms with Crippen molar-refractivity contribution in [2.75, 3.05) is 0 Å². The van der Waals surface area contributed by atoms with Crippen LogP contribution in [0.15, 0.2) is 82.2 Å². The molecule has 0 amide bonds. The number of hydrogen-bond acceptors (Lipinski definition) is 2. The zero-order valence-corrected chi connectivity index (χ0v) is 15.3. The molecular weight excluding hydrogens is 318 g/mol. The van der Waals surface area contributed by atoms with Crippen LogP contribution in [0.3, 0.4) is 0 Å². The molecule has 0 aliphatic carbocycles. The maximum atomic E-state index is 6.17. The van der Waals surface area contributed by atoms with E-state index in [1.165, 1.54) is 16.7 Å². The van der Waals surface area contributed by atoms with Gasteiger partial charge in [0.05, 0.1) is 11.0 Å². The Morgan fingerprint density at radius 3 is 2.23 bits per heavy atom. The second-order valence-electron chi connectivity index (χ2n) is 6.76. The summed E-state index contributed by atoms with van der Waals surface area (Å²) in [5.41, 5.74) is 6.50. The van der Waals surface area contributed by atoms with E-state index in [9.17, 15) is 0 Å². The molecule has 1 heterocycles. The van der Waals surface area contributed by atoms with Crippen LogP contribution < -0.4 is 5.36 Å². The molecule has 4 rings (SSSR count). The first-order valence-corrected chi connectivity index (χ1v) is 8.82. The van der Waals surface area contributed by atoms with Gasteiger partial charge in [0, 0.05) is 17.0 Å². The van der Waals surface area contributed by atoms with E-state index in [1.54, 1.807) is 0 Å². The Balaban J connectivity index is 2.02. The number of nitrogens with zero attached hydrogens (tertiary/aromatic N) is 1. The fraction of sp³-hybridized carbons (Fsp3) is 0.125. The molecule has 1 aromatic heterocycles. The summed E-state index contributed by atoms with van der Waals surface area (Å²) in [6.07, 6.45) is 0. The van der Waals surface area contributed by atoms with E-state index in [0.29, 0.717) is 0 Å². The van der Waals surface area contributed by atoms with Crippen LogP contribution >= 0.6 is 0 Å². The van der Waals surface area contributed by atoms with Gasteiger partial charge in [-0.05, 0) is 44.5 Å². The molecule has 0 saturated carbocycles. The molecule has 3 aromatic carbocycles. The van der Waals surface area contributed by atoms with Crippen molar-refractivity contribution in [2.24, 2.45) is 4.99 Å². The van der Waals surface area contributed by atoms with Crippen LogP contribution in [0.25, 0.3) is 22.3 Å². The van der Waals surface area contributed by atoms with Crippen molar-refractivity contribution >= 4 is 16.7 Å². The van der Waals surface area contributed by atoms with Gasteiger partial charge in [-0.15, -0.1) is 0 Å². The maximum Gasteiger partial charge on any atom is 0.136 e. The largest absolute Gasteiger partial charge is 0.456 e. The summed E-state index contributed by atoms with van der Waals surface area (Å²) >= 11 is 0. The van der Waals surface area contributed by atoms with Gasteiger partial charge in [-0.3, -0.25) is 0 Å². The van der Waals surface area contributed by atoms with Crippen LogP contribution in [0.4, 0.5) is 5.69 Å². The molecule has 0 spiro atoms. The third-order valence-corrected chi connectivity index (χ3v) is 4.55. The number of aryl methyl sites for hydroxylation is 3. The summed E-state index contributed by atoms with van der Waals surface area (Å²) in [5, 5.41) is 1.96. The highest BCUT2D eigenvalue weighted by Gasteiger charge is 2.07. The van der Waals surface area contributed by atoms with Gasteiger partial charge in [0.2, 0.25) is 0 Å². The Bertz CT molecular complexity index is 1150. The summed E-state index contributed by atoms with van der Waals surface area (Å²) in [7, 11) is 0. The third kappa shape index (κ3) is 3.18. The van der Waals surface area contributed by atoms with E-state index >= 15 is 0 Å². The highest BCUT2D eigenvalue weighted by molar-refractivity contribution is 5.79. The van der Waals surface area contributed by atoms with Gasteiger partial charge in [-0.25, -0.2) is 4.99 Å². The minimum atomic E-state index is 0.825. The molecule has 4 aromatic rings. The fourth-order valence-electron chi connectivity index (χ4n) is 3.18. The molecule has 2 nitrogen and oxygen atoms in total. The normalized spacial score (nSPS) is 11.9. The first kappa shape index (κ1) is 16.3. The lowest BCUT2D eigenvalue weighted by molar-refractivity contribution is 0.618. The third-order valence-electron chi connectivity index (χ3n) is 4.55. The Labute approximate surface area is 153 Å². The molecule has 128 valence electrons. The Kier molecular flexibility index (Phi) is 4.18. The van der Waals surface area contributed by atoms with E-state index in [1.807, 2.05) is 30.3 Å². The van der Waals surface area contributed by atoms with Crippen molar-refractivity contribution < 1.29 is 4.42 Å². The topological polar surface area (TPSA) is 25.5 Å². The van der Waals surface area contributed by atoms with Crippen LogP contribution in [0.1, 0.15) is 16.7 Å². The zero-order valence-electron chi connectivity index (χ0n) is 15.3. The number of benzene rings is 3. The van der Waals surface area contributed by atoms with Gasteiger partial charge >= 0.3 is 0 Å². The van der Waals surface area contributed by atoms with Crippen molar-refractivity contribution in [2.45, 2.75) is 20.8 Å². The minimum absolute atomic E-state index is 0.825. The van der Waals surface area contributed by atoms with E-state index in [2.05, 4.69) is 63.2 Å². The lowest BCUT2D eigenvalue weighted by Crippen LogP contribution is -2.04. The van der Waals surface area contributed by atoms with Crippen LogP contribution in [-0.4, -0.2) is 0 Å². The highest BCUT2D eigenvalue weighted by atomic mass is 16.3. The van der Waals surface area contributed by atoms with E-state index < -0.39 is 0 Å². The SMILES string of the molecule is Cc1ccc(N=c2cc(-c3ccccc3)oc3ccc(C)cc23)c(C)c1. The summed E-state index contributed by atoms with van der Waals surface area (Å²) in [6.45, 7) is 6.29. The first-order valence-electron chi connectivity index (χ1n) is 8.82. The Morgan fingerprint density at radius 2 is 1.46 bits per heavy atom. The van der Waals surface area contributed by atoms with Gasteiger partial charge in [0.15, 0.2) is 0 Å². The number of rotatable bonds is 2. The summed E-state index contributed by atoms with van der Waals surface area (Å²) in [6, 6.07) is 24.8. The zero-order chi connectivity index (χ0) is 18.1. The highest BCUT2D eigenvalue weighted by Crippen LogP contribution is 2.24. The summed E-state index contributed by atoms with van der Waals surface area (Å²) < 4.78 is 6.17.